The lowest BCUT2D eigenvalue weighted by atomic mass is 9.69. The molecule has 0 aromatic heterocycles. The Kier molecular flexibility index (Phi) is 4.11. The van der Waals surface area contributed by atoms with Crippen LogP contribution in [0.25, 0.3) is 0 Å². The molecular formula is C17H25NOS. The second-order valence-corrected chi connectivity index (χ2v) is 7.39. The molecule has 3 heteroatoms. The predicted octanol–water partition coefficient (Wildman–Crippen LogP) is 3.55. The van der Waals surface area contributed by atoms with Crippen molar-refractivity contribution < 1.29 is 4.74 Å². The highest BCUT2D eigenvalue weighted by molar-refractivity contribution is 7.99. The highest BCUT2D eigenvalue weighted by Gasteiger charge is 2.46. The molecule has 0 radical (unpaired) electrons. The molecule has 2 heterocycles. The van der Waals surface area contributed by atoms with Crippen molar-refractivity contribution >= 4 is 11.8 Å². The van der Waals surface area contributed by atoms with Gasteiger partial charge in [-0.15, -0.1) is 0 Å². The highest BCUT2D eigenvalue weighted by atomic mass is 32.2. The number of benzene rings is 1. The van der Waals surface area contributed by atoms with Gasteiger partial charge in [-0.2, -0.15) is 11.8 Å². The Hall–Kier alpha value is -0.510. The third kappa shape index (κ3) is 2.51. The molecule has 3 rings (SSSR count). The van der Waals surface area contributed by atoms with E-state index >= 15 is 0 Å². The van der Waals surface area contributed by atoms with Crippen molar-refractivity contribution in [2.45, 2.75) is 43.7 Å². The van der Waals surface area contributed by atoms with Gasteiger partial charge in [0.25, 0.3) is 0 Å². The van der Waals surface area contributed by atoms with E-state index in [9.17, 15) is 0 Å². The summed E-state index contributed by atoms with van der Waals surface area (Å²) in [4.78, 5) is 0. The molecule has 3 unspecified atom stereocenters. The predicted molar refractivity (Wildman–Crippen MR) is 85.9 cm³/mol. The lowest BCUT2D eigenvalue weighted by Crippen LogP contribution is -2.51. The summed E-state index contributed by atoms with van der Waals surface area (Å²) in [7, 11) is 0. The lowest BCUT2D eigenvalue weighted by molar-refractivity contribution is -0.0937. The first-order valence-electron chi connectivity index (χ1n) is 7.75. The fourth-order valence-electron chi connectivity index (χ4n) is 3.81. The second kappa shape index (κ2) is 5.70. The van der Waals surface area contributed by atoms with E-state index < -0.39 is 0 Å². The van der Waals surface area contributed by atoms with Gasteiger partial charge in [0.1, 0.15) is 0 Å². The molecule has 1 spiro atoms. The zero-order chi connectivity index (χ0) is 14.1. The molecule has 0 aliphatic carbocycles. The quantitative estimate of drug-likeness (QED) is 0.925. The standard InChI is InChI=1S/C17H25NOS/c1-2-17(18,14-6-4-3-5-7-14)15-8-10-19-16(12-15)9-11-20-13-16/h3-7,15H,2,8-13,18H2,1H3. The van der Waals surface area contributed by atoms with Crippen LogP contribution in [0.15, 0.2) is 30.3 Å². The molecule has 2 aliphatic heterocycles. The second-order valence-electron chi connectivity index (χ2n) is 6.28. The molecule has 0 saturated carbocycles. The Labute approximate surface area is 126 Å². The van der Waals surface area contributed by atoms with Gasteiger partial charge in [0.2, 0.25) is 0 Å². The molecule has 0 bridgehead atoms. The fourth-order valence-corrected chi connectivity index (χ4v) is 5.19. The Bertz CT molecular complexity index is 444. The van der Waals surface area contributed by atoms with E-state index in [1.165, 1.54) is 17.7 Å². The SMILES string of the molecule is CCC(N)(c1ccccc1)C1CCOC2(CCSC2)C1. The summed E-state index contributed by atoms with van der Waals surface area (Å²) in [6, 6.07) is 10.7. The van der Waals surface area contributed by atoms with Crippen molar-refractivity contribution in [2.24, 2.45) is 11.7 Å². The largest absolute Gasteiger partial charge is 0.374 e. The highest BCUT2D eigenvalue weighted by Crippen LogP contribution is 2.46. The van der Waals surface area contributed by atoms with Crippen molar-refractivity contribution in [3.05, 3.63) is 35.9 Å². The molecule has 2 N–H and O–H groups in total. The van der Waals surface area contributed by atoms with E-state index in [1.54, 1.807) is 0 Å². The van der Waals surface area contributed by atoms with Crippen molar-refractivity contribution in [3.8, 4) is 0 Å². The molecule has 2 fully saturated rings. The van der Waals surface area contributed by atoms with Crippen LogP contribution in [-0.2, 0) is 10.3 Å². The Morgan fingerprint density at radius 1 is 1.40 bits per heavy atom. The summed E-state index contributed by atoms with van der Waals surface area (Å²) in [6.45, 7) is 3.09. The van der Waals surface area contributed by atoms with Gasteiger partial charge >= 0.3 is 0 Å². The van der Waals surface area contributed by atoms with Crippen LogP contribution in [0.3, 0.4) is 0 Å². The van der Waals surface area contributed by atoms with Crippen molar-refractivity contribution in [1.29, 1.82) is 0 Å². The summed E-state index contributed by atoms with van der Waals surface area (Å²) < 4.78 is 6.16. The van der Waals surface area contributed by atoms with Gasteiger partial charge in [-0.1, -0.05) is 37.3 Å². The number of ether oxygens (including phenoxy) is 1. The molecule has 1 aromatic carbocycles. The van der Waals surface area contributed by atoms with Gasteiger partial charge in [-0.25, -0.2) is 0 Å². The van der Waals surface area contributed by atoms with Crippen LogP contribution in [0, 0.1) is 5.92 Å². The summed E-state index contributed by atoms with van der Waals surface area (Å²) in [5.41, 5.74) is 8.08. The van der Waals surface area contributed by atoms with Crippen molar-refractivity contribution in [3.63, 3.8) is 0 Å². The van der Waals surface area contributed by atoms with Gasteiger partial charge in [0, 0.05) is 17.9 Å². The maximum atomic E-state index is 6.88. The Morgan fingerprint density at radius 2 is 2.20 bits per heavy atom. The minimum Gasteiger partial charge on any atom is -0.374 e. The summed E-state index contributed by atoms with van der Waals surface area (Å²) in [6.07, 6.45) is 4.40. The summed E-state index contributed by atoms with van der Waals surface area (Å²) >= 11 is 2.03. The fraction of sp³-hybridized carbons (Fsp3) is 0.647. The number of rotatable bonds is 3. The minimum atomic E-state index is -0.203. The molecule has 2 saturated heterocycles. The van der Waals surface area contributed by atoms with Crippen molar-refractivity contribution in [2.75, 3.05) is 18.1 Å². The smallest absolute Gasteiger partial charge is 0.0783 e. The van der Waals surface area contributed by atoms with E-state index in [0.29, 0.717) is 5.92 Å². The Morgan fingerprint density at radius 3 is 2.85 bits per heavy atom. The summed E-state index contributed by atoms with van der Waals surface area (Å²) in [5.74, 6) is 2.92. The van der Waals surface area contributed by atoms with E-state index in [0.717, 1.165) is 31.6 Å². The Balaban J connectivity index is 1.85. The molecule has 2 aliphatic rings. The monoisotopic (exact) mass is 291 g/mol. The van der Waals surface area contributed by atoms with Gasteiger partial charge in [-0.05, 0) is 42.9 Å². The van der Waals surface area contributed by atoms with Gasteiger partial charge in [-0.3, -0.25) is 0 Å². The average molecular weight is 291 g/mol. The number of thioether (sulfide) groups is 1. The molecule has 2 nitrogen and oxygen atoms in total. The minimum absolute atomic E-state index is 0.113. The van der Waals surface area contributed by atoms with Crippen LogP contribution in [0.1, 0.15) is 38.2 Å². The molecule has 0 amide bonds. The third-order valence-electron chi connectivity index (χ3n) is 5.18. The lowest BCUT2D eigenvalue weighted by Gasteiger charge is -2.46. The van der Waals surface area contributed by atoms with Gasteiger partial charge in [0.15, 0.2) is 0 Å². The zero-order valence-electron chi connectivity index (χ0n) is 12.3. The number of hydrogen-bond donors (Lipinski definition) is 1. The van der Waals surface area contributed by atoms with E-state index in [2.05, 4.69) is 37.3 Å². The zero-order valence-corrected chi connectivity index (χ0v) is 13.1. The van der Waals surface area contributed by atoms with Crippen LogP contribution in [0.5, 0.6) is 0 Å². The van der Waals surface area contributed by atoms with E-state index in [1.807, 2.05) is 11.8 Å². The maximum absolute atomic E-state index is 6.88. The van der Waals surface area contributed by atoms with Crippen LogP contribution >= 0.6 is 11.8 Å². The maximum Gasteiger partial charge on any atom is 0.0783 e. The molecule has 110 valence electrons. The number of nitrogens with two attached hydrogens (primary N) is 1. The van der Waals surface area contributed by atoms with Crippen LogP contribution in [0.4, 0.5) is 0 Å². The topological polar surface area (TPSA) is 35.2 Å². The number of hydrogen-bond acceptors (Lipinski definition) is 3. The average Bonchev–Trinajstić information content (AvgIpc) is 2.95. The summed E-state index contributed by atoms with van der Waals surface area (Å²) in [5, 5.41) is 0. The van der Waals surface area contributed by atoms with Crippen molar-refractivity contribution in [1.82, 2.24) is 0 Å². The van der Waals surface area contributed by atoms with Crippen LogP contribution in [0.2, 0.25) is 0 Å². The van der Waals surface area contributed by atoms with E-state index in [4.69, 9.17) is 10.5 Å². The molecular weight excluding hydrogens is 266 g/mol. The normalized spacial score (nSPS) is 33.2. The first kappa shape index (κ1) is 14.4. The first-order chi connectivity index (χ1) is 9.69. The van der Waals surface area contributed by atoms with Crippen LogP contribution < -0.4 is 5.73 Å². The van der Waals surface area contributed by atoms with E-state index in [-0.39, 0.29) is 11.1 Å². The van der Waals surface area contributed by atoms with Gasteiger partial charge in [0.05, 0.1) is 5.60 Å². The first-order valence-corrected chi connectivity index (χ1v) is 8.90. The van der Waals surface area contributed by atoms with Gasteiger partial charge < -0.3 is 10.5 Å². The molecule has 1 aromatic rings. The van der Waals surface area contributed by atoms with Crippen LogP contribution in [-0.4, -0.2) is 23.7 Å². The molecule has 20 heavy (non-hydrogen) atoms. The molecule has 3 atom stereocenters. The third-order valence-corrected chi connectivity index (χ3v) is 6.41.